The molecule has 2 aromatic rings. The highest BCUT2D eigenvalue weighted by Crippen LogP contribution is 2.23. The Bertz CT molecular complexity index is 776. The Hall–Kier alpha value is -2.60. The molecule has 0 aliphatic carbocycles. The van der Waals surface area contributed by atoms with Gasteiger partial charge in [-0.1, -0.05) is 12.1 Å². The predicted octanol–water partition coefficient (Wildman–Crippen LogP) is 3.80. The fourth-order valence-corrected chi connectivity index (χ4v) is 2.83. The predicted molar refractivity (Wildman–Crippen MR) is 108 cm³/mol. The largest absolute Gasteiger partial charge is 0.494 e. The van der Waals surface area contributed by atoms with Gasteiger partial charge in [0.2, 0.25) is 0 Å². The molecule has 5 nitrogen and oxygen atoms in total. The van der Waals surface area contributed by atoms with Crippen LogP contribution in [0.5, 0.6) is 11.5 Å². The zero-order valence-electron chi connectivity index (χ0n) is 17.2. The van der Waals surface area contributed by atoms with Crippen molar-refractivity contribution < 1.29 is 18.7 Å². The lowest BCUT2D eigenvalue weighted by Gasteiger charge is -2.29. The minimum absolute atomic E-state index is 0.152. The number of likely N-dealkylation sites (N-methyl/N-ethyl adjacent to an activating group) is 1. The molecule has 1 atom stereocenters. The van der Waals surface area contributed by atoms with Gasteiger partial charge in [0.1, 0.15) is 17.3 Å². The third kappa shape index (κ3) is 5.96. The van der Waals surface area contributed by atoms with Crippen molar-refractivity contribution in [3.05, 3.63) is 59.9 Å². The van der Waals surface area contributed by atoms with E-state index in [0.29, 0.717) is 18.9 Å². The zero-order chi connectivity index (χ0) is 20.7. The van der Waals surface area contributed by atoms with Gasteiger partial charge in [-0.25, -0.2) is 4.39 Å². The van der Waals surface area contributed by atoms with E-state index in [-0.39, 0.29) is 17.8 Å². The summed E-state index contributed by atoms with van der Waals surface area (Å²) in [5, 5.41) is 2.92. The zero-order valence-corrected chi connectivity index (χ0v) is 17.2. The molecule has 2 aromatic carbocycles. The van der Waals surface area contributed by atoms with Crippen molar-refractivity contribution in [3.8, 4) is 11.5 Å². The van der Waals surface area contributed by atoms with E-state index >= 15 is 0 Å². The minimum Gasteiger partial charge on any atom is -0.494 e. The maximum absolute atomic E-state index is 13.6. The van der Waals surface area contributed by atoms with Crippen molar-refractivity contribution in [1.82, 2.24) is 10.2 Å². The molecule has 0 fully saturated rings. The van der Waals surface area contributed by atoms with E-state index in [0.717, 1.165) is 11.3 Å². The molecule has 0 aliphatic rings. The molecule has 0 heterocycles. The number of carbonyl (C=O) groups excluding carboxylic acids is 1. The van der Waals surface area contributed by atoms with Gasteiger partial charge in [-0.05, 0) is 76.8 Å². The van der Waals surface area contributed by atoms with E-state index in [9.17, 15) is 9.18 Å². The number of benzene rings is 2. The highest BCUT2D eigenvalue weighted by atomic mass is 19.1. The summed E-state index contributed by atoms with van der Waals surface area (Å²) in [7, 11) is 3.78. The summed E-state index contributed by atoms with van der Waals surface area (Å²) in [4.78, 5) is 14.7. The Labute approximate surface area is 166 Å². The van der Waals surface area contributed by atoms with Crippen molar-refractivity contribution in [2.45, 2.75) is 32.4 Å². The molecule has 0 aromatic heterocycles. The molecule has 2 rings (SSSR count). The lowest BCUT2D eigenvalue weighted by atomic mass is 10.0. The van der Waals surface area contributed by atoms with Crippen molar-refractivity contribution in [3.63, 3.8) is 0 Å². The Morgan fingerprint density at radius 2 is 1.79 bits per heavy atom. The molecule has 0 radical (unpaired) electrons. The third-order valence-electron chi connectivity index (χ3n) is 4.37. The molecule has 6 heteroatoms. The van der Waals surface area contributed by atoms with Gasteiger partial charge in [-0.3, -0.25) is 4.79 Å². The van der Waals surface area contributed by atoms with Gasteiger partial charge in [-0.15, -0.1) is 0 Å². The van der Waals surface area contributed by atoms with Crippen molar-refractivity contribution >= 4 is 5.91 Å². The summed E-state index contributed by atoms with van der Waals surface area (Å²) in [6, 6.07) is 13.4. The van der Waals surface area contributed by atoms with Gasteiger partial charge >= 0.3 is 0 Å². The lowest BCUT2D eigenvalue weighted by Crippen LogP contribution is -2.48. The lowest BCUT2D eigenvalue weighted by molar-refractivity contribution is -0.134. The van der Waals surface area contributed by atoms with Gasteiger partial charge in [0, 0.05) is 6.54 Å². The molecular weight excluding hydrogens is 359 g/mol. The molecule has 0 bridgehead atoms. The molecule has 28 heavy (non-hydrogen) atoms. The van der Waals surface area contributed by atoms with Gasteiger partial charge < -0.3 is 19.7 Å². The number of halogens is 1. The first-order valence-corrected chi connectivity index (χ1v) is 9.35. The van der Waals surface area contributed by atoms with Crippen molar-refractivity contribution in [1.29, 1.82) is 0 Å². The van der Waals surface area contributed by atoms with Crippen LogP contribution in [0.15, 0.2) is 48.5 Å². The highest BCUT2D eigenvalue weighted by molar-refractivity contribution is 5.84. The maximum Gasteiger partial charge on any atom is 0.263 e. The SMILES string of the molecule is CCOc1ccc(OC(C)(C)C(=O)NCC(c2cccc(F)c2)N(C)C)cc1. The van der Waals surface area contributed by atoms with Crippen LogP contribution in [0.3, 0.4) is 0 Å². The quantitative estimate of drug-likeness (QED) is 0.710. The molecule has 1 amide bonds. The van der Waals surface area contributed by atoms with Crippen LogP contribution < -0.4 is 14.8 Å². The van der Waals surface area contributed by atoms with Gasteiger partial charge in [0.05, 0.1) is 12.6 Å². The minimum atomic E-state index is -1.06. The summed E-state index contributed by atoms with van der Waals surface area (Å²) >= 11 is 0. The van der Waals surface area contributed by atoms with E-state index in [1.54, 1.807) is 44.2 Å². The van der Waals surface area contributed by atoms with Crippen LogP contribution in [0.1, 0.15) is 32.4 Å². The Morgan fingerprint density at radius 1 is 1.14 bits per heavy atom. The Balaban J connectivity index is 2.00. The van der Waals surface area contributed by atoms with Crippen LogP contribution in [-0.2, 0) is 4.79 Å². The van der Waals surface area contributed by atoms with E-state index < -0.39 is 5.60 Å². The van der Waals surface area contributed by atoms with Crippen molar-refractivity contribution in [2.75, 3.05) is 27.2 Å². The Morgan fingerprint density at radius 3 is 2.36 bits per heavy atom. The van der Waals surface area contributed by atoms with Gasteiger partial charge in [0.15, 0.2) is 5.60 Å². The topological polar surface area (TPSA) is 50.8 Å². The maximum atomic E-state index is 13.6. The summed E-state index contributed by atoms with van der Waals surface area (Å²) in [5.41, 5.74) is -0.262. The van der Waals surface area contributed by atoms with Crippen LogP contribution in [-0.4, -0.2) is 43.7 Å². The molecule has 0 saturated heterocycles. The standard InChI is InChI=1S/C22H29FN2O3/c1-6-27-18-10-12-19(13-11-18)28-22(2,3)21(26)24-15-20(25(4)5)16-8-7-9-17(23)14-16/h7-14,20H,6,15H2,1-5H3,(H,24,26). The normalized spacial score (nSPS) is 12.5. The molecule has 1 unspecified atom stereocenters. The summed E-state index contributed by atoms with van der Waals surface area (Å²) < 4.78 is 24.8. The molecule has 0 saturated carbocycles. The van der Waals surface area contributed by atoms with Gasteiger partial charge in [-0.2, -0.15) is 0 Å². The number of hydrogen-bond donors (Lipinski definition) is 1. The van der Waals surface area contributed by atoms with E-state index in [4.69, 9.17) is 9.47 Å². The van der Waals surface area contributed by atoms with Crippen LogP contribution >= 0.6 is 0 Å². The molecule has 1 N–H and O–H groups in total. The second-order valence-corrected chi connectivity index (χ2v) is 7.26. The first-order chi connectivity index (χ1) is 13.2. The number of amides is 1. The summed E-state index contributed by atoms with van der Waals surface area (Å²) in [5.74, 6) is 0.790. The second-order valence-electron chi connectivity index (χ2n) is 7.26. The van der Waals surface area contributed by atoms with Crippen molar-refractivity contribution in [2.24, 2.45) is 0 Å². The van der Waals surface area contributed by atoms with Gasteiger partial charge in [0.25, 0.3) is 5.91 Å². The number of nitrogens with zero attached hydrogens (tertiary/aromatic N) is 1. The number of ether oxygens (including phenoxy) is 2. The Kier molecular flexibility index (Phi) is 7.40. The molecule has 152 valence electrons. The summed E-state index contributed by atoms with van der Waals surface area (Å²) in [6.45, 7) is 6.28. The average molecular weight is 388 g/mol. The van der Waals surface area contributed by atoms with Crippen LogP contribution in [0.4, 0.5) is 4.39 Å². The van der Waals surface area contributed by atoms with E-state index in [2.05, 4.69) is 5.32 Å². The highest BCUT2D eigenvalue weighted by Gasteiger charge is 2.30. The number of rotatable bonds is 9. The molecular formula is C22H29FN2O3. The van der Waals surface area contributed by atoms with E-state index in [1.807, 2.05) is 32.0 Å². The first kappa shape index (κ1) is 21.7. The average Bonchev–Trinajstić information content (AvgIpc) is 2.63. The third-order valence-corrected chi connectivity index (χ3v) is 4.37. The fourth-order valence-electron chi connectivity index (χ4n) is 2.83. The first-order valence-electron chi connectivity index (χ1n) is 9.35. The number of hydrogen-bond acceptors (Lipinski definition) is 4. The number of carbonyl (C=O) groups is 1. The second kappa shape index (κ2) is 9.55. The van der Waals surface area contributed by atoms with Crippen LogP contribution in [0.2, 0.25) is 0 Å². The smallest absolute Gasteiger partial charge is 0.263 e. The van der Waals surface area contributed by atoms with Crippen LogP contribution in [0, 0.1) is 5.82 Å². The van der Waals surface area contributed by atoms with Crippen LogP contribution in [0.25, 0.3) is 0 Å². The number of nitrogens with one attached hydrogen (secondary N) is 1. The molecule has 0 aliphatic heterocycles. The summed E-state index contributed by atoms with van der Waals surface area (Å²) in [6.07, 6.45) is 0. The fraction of sp³-hybridized carbons (Fsp3) is 0.409. The molecule has 0 spiro atoms. The van der Waals surface area contributed by atoms with E-state index in [1.165, 1.54) is 12.1 Å². The monoisotopic (exact) mass is 388 g/mol.